The molecule has 0 spiro atoms. The fourth-order valence-corrected chi connectivity index (χ4v) is 3.52. The molecule has 29 heavy (non-hydrogen) atoms. The van der Waals surface area contributed by atoms with Crippen molar-refractivity contribution >= 4 is 11.5 Å². The Morgan fingerprint density at radius 3 is 2.62 bits per heavy atom. The first-order valence-corrected chi connectivity index (χ1v) is 10.6. The van der Waals surface area contributed by atoms with Gasteiger partial charge in [0.2, 0.25) is 0 Å². The maximum absolute atomic E-state index is 4.95. The fraction of sp³-hybridized carbons (Fsp3) is 0.440. The van der Waals surface area contributed by atoms with Crippen LogP contribution >= 0.6 is 0 Å². The van der Waals surface area contributed by atoms with E-state index in [9.17, 15) is 0 Å². The van der Waals surface area contributed by atoms with Gasteiger partial charge in [-0.2, -0.15) is 0 Å². The lowest BCUT2D eigenvalue weighted by molar-refractivity contribution is 0.400. The minimum atomic E-state index is 0.907. The van der Waals surface area contributed by atoms with E-state index in [4.69, 9.17) is 4.99 Å². The first-order chi connectivity index (χ1) is 13.9. The summed E-state index contributed by atoms with van der Waals surface area (Å²) in [7, 11) is 6.09. The largest absolute Gasteiger partial charge is 0.309 e. The van der Waals surface area contributed by atoms with E-state index in [1.807, 2.05) is 14.0 Å². The molecule has 0 radical (unpaired) electrons. The van der Waals surface area contributed by atoms with Crippen LogP contribution in [-0.4, -0.2) is 49.0 Å². The van der Waals surface area contributed by atoms with Crippen LogP contribution in [0.5, 0.6) is 0 Å². The van der Waals surface area contributed by atoms with Crippen molar-refractivity contribution in [3.05, 3.63) is 70.8 Å². The minimum absolute atomic E-state index is 0.907. The Bertz CT molecular complexity index is 882. The molecular weight excluding hydrogens is 356 g/mol. The van der Waals surface area contributed by atoms with Crippen LogP contribution in [0.15, 0.2) is 80.8 Å². The zero-order valence-corrected chi connectivity index (χ0v) is 18.6. The zero-order valence-electron chi connectivity index (χ0n) is 18.6. The van der Waals surface area contributed by atoms with Crippen LogP contribution in [0.3, 0.4) is 0 Å². The van der Waals surface area contributed by atoms with Crippen molar-refractivity contribution in [3.63, 3.8) is 0 Å². The van der Waals surface area contributed by atoms with Crippen molar-refractivity contribution in [2.75, 3.05) is 27.7 Å². The summed E-state index contributed by atoms with van der Waals surface area (Å²) in [6, 6.07) is 0. The first-order valence-electron chi connectivity index (χ1n) is 10.6. The number of aliphatic imine (C=N–C) groups is 2. The summed E-state index contributed by atoms with van der Waals surface area (Å²) in [5.41, 5.74) is 8.19. The van der Waals surface area contributed by atoms with Crippen molar-refractivity contribution in [3.8, 4) is 0 Å². The zero-order chi connectivity index (χ0) is 21.0. The Labute approximate surface area is 176 Å². The van der Waals surface area contributed by atoms with E-state index in [0.717, 1.165) is 47.8 Å². The molecule has 1 fully saturated rings. The summed E-state index contributed by atoms with van der Waals surface area (Å²) in [5.74, 6) is 0.982. The molecule has 0 bridgehead atoms. The first kappa shape index (κ1) is 21.3. The molecule has 0 N–H and O–H groups in total. The molecular formula is C25H34N4. The Morgan fingerprint density at radius 1 is 1.28 bits per heavy atom. The van der Waals surface area contributed by atoms with Gasteiger partial charge in [0.05, 0.1) is 11.4 Å². The smallest absolute Gasteiger partial charge is 0.137 e. The van der Waals surface area contributed by atoms with Crippen LogP contribution in [0.1, 0.15) is 46.0 Å². The van der Waals surface area contributed by atoms with Gasteiger partial charge in [-0.25, -0.2) is 4.99 Å². The van der Waals surface area contributed by atoms with Gasteiger partial charge in [-0.3, -0.25) is 4.99 Å². The van der Waals surface area contributed by atoms with Gasteiger partial charge in [-0.1, -0.05) is 18.2 Å². The Morgan fingerprint density at radius 2 is 2.03 bits per heavy atom. The average Bonchev–Trinajstić information content (AvgIpc) is 2.64. The third-order valence-corrected chi connectivity index (χ3v) is 5.68. The molecule has 4 nitrogen and oxygen atoms in total. The van der Waals surface area contributed by atoms with Gasteiger partial charge in [0.25, 0.3) is 0 Å². The maximum Gasteiger partial charge on any atom is 0.137 e. The lowest BCUT2D eigenvalue weighted by Gasteiger charge is -2.34. The molecule has 0 atom stereocenters. The number of amidine groups is 1. The molecule has 0 aromatic carbocycles. The van der Waals surface area contributed by atoms with Crippen LogP contribution in [0.2, 0.25) is 0 Å². The summed E-state index contributed by atoms with van der Waals surface area (Å²) in [6.07, 6.45) is 16.8. The van der Waals surface area contributed by atoms with Gasteiger partial charge in [0, 0.05) is 18.9 Å². The van der Waals surface area contributed by atoms with Gasteiger partial charge in [-0.15, -0.1) is 0 Å². The summed E-state index contributed by atoms with van der Waals surface area (Å²) in [5, 5.41) is 0. The fourth-order valence-electron chi connectivity index (χ4n) is 3.52. The number of rotatable bonds is 7. The summed E-state index contributed by atoms with van der Waals surface area (Å²) in [6.45, 7) is 9.25. The molecule has 1 aliphatic carbocycles. The van der Waals surface area contributed by atoms with E-state index in [2.05, 4.69) is 72.9 Å². The number of hydrogen-bond acceptors (Lipinski definition) is 4. The van der Waals surface area contributed by atoms with Gasteiger partial charge in [-0.05, 0) is 102 Å². The van der Waals surface area contributed by atoms with Crippen molar-refractivity contribution in [2.24, 2.45) is 9.98 Å². The number of nitrogens with zero attached hydrogens (tertiary/aromatic N) is 4. The molecule has 2 heterocycles. The van der Waals surface area contributed by atoms with Gasteiger partial charge < -0.3 is 9.80 Å². The lowest BCUT2D eigenvalue weighted by Crippen LogP contribution is -2.31. The lowest BCUT2D eigenvalue weighted by atomic mass is 9.88. The number of hydrogen-bond donors (Lipinski definition) is 0. The molecule has 3 aliphatic rings. The van der Waals surface area contributed by atoms with Crippen molar-refractivity contribution in [1.82, 2.24) is 9.80 Å². The van der Waals surface area contributed by atoms with E-state index < -0.39 is 0 Å². The average molecular weight is 391 g/mol. The van der Waals surface area contributed by atoms with E-state index in [0.29, 0.717) is 0 Å². The normalized spacial score (nSPS) is 19.7. The van der Waals surface area contributed by atoms with E-state index in [1.54, 1.807) is 0 Å². The molecule has 0 aromatic rings. The predicted molar refractivity (Wildman–Crippen MR) is 125 cm³/mol. The highest BCUT2D eigenvalue weighted by Crippen LogP contribution is 2.35. The maximum atomic E-state index is 4.95. The second-order valence-corrected chi connectivity index (χ2v) is 8.37. The van der Waals surface area contributed by atoms with Crippen molar-refractivity contribution < 1.29 is 0 Å². The SMILES string of the molecule is C=C(C)/C(C)=C/C(=NC)C1=CC(=C2CCC2)N2C=C(CCCN(C)C)C=CC2=N1. The topological polar surface area (TPSA) is 31.2 Å². The quantitative estimate of drug-likeness (QED) is 0.430. The molecule has 2 aliphatic heterocycles. The Hall–Kier alpha value is -2.46. The third-order valence-electron chi connectivity index (χ3n) is 5.68. The number of allylic oxidation sites excluding steroid dienone is 7. The standard InChI is InChI=1S/C25H34N4/c1-18(2)19(3)15-22(26-4)23-16-24(21-10-7-11-21)29-17-20(9-8-14-28(5)6)12-13-25(29)27-23/h12-13,15-17H,1,7-11,14H2,2-6H3/b19-15+,26-22?. The predicted octanol–water partition coefficient (Wildman–Crippen LogP) is 5.41. The molecule has 1 saturated carbocycles. The summed E-state index contributed by atoms with van der Waals surface area (Å²) < 4.78 is 0. The summed E-state index contributed by atoms with van der Waals surface area (Å²) >= 11 is 0. The molecule has 0 unspecified atom stereocenters. The molecule has 4 heteroatoms. The van der Waals surface area contributed by atoms with Crippen molar-refractivity contribution in [2.45, 2.75) is 46.0 Å². The molecule has 0 amide bonds. The van der Waals surface area contributed by atoms with Crippen LogP contribution in [0.25, 0.3) is 0 Å². The second kappa shape index (κ2) is 9.36. The minimum Gasteiger partial charge on any atom is -0.309 e. The Balaban J connectivity index is 1.91. The molecule has 0 saturated heterocycles. The van der Waals surface area contributed by atoms with Crippen molar-refractivity contribution in [1.29, 1.82) is 0 Å². The molecule has 154 valence electrons. The van der Waals surface area contributed by atoms with Crippen LogP contribution in [0, 0.1) is 0 Å². The monoisotopic (exact) mass is 390 g/mol. The third kappa shape index (κ3) is 5.13. The highest BCUT2D eigenvalue weighted by molar-refractivity contribution is 6.12. The van der Waals surface area contributed by atoms with Gasteiger partial charge in [0.1, 0.15) is 5.84 Å². The highest BCUT2D eigenvalue weighted by Gasteiger charge is 2.26. The van der Waals surface area contributed by atoms with Gasteiger partial charge in [0.15, 0.2) is 0 Å². The highest BCUT2D eigenvalue weighted by atomic mass is 15.2. The van der Waals surface area contributed by atoms with E-state index >= 15 is 0 Å². The van der Waals surface area contributed by atoms with Crippen LogP contribution in [-0.2, 0) is 0 Å². The number of fused-ring (bicyclic) bond motifs is 1. The summed E-state index contributed by atoms with van der Waals surface area (Å²) in [4.78, 5) is 14.0. The van der Waals surface area contributed by atoms with E-state index in [-0.39, 0.29) is 0 Å². The van der Waals surface area contributed by atoms with Crippen LogP contribution < -0.4 is 0 Å². The molecule has 0 aromatic heterocycles. The van der Waals surface area contributed by atoms with Crippen LogP contribution in [0.4, 0.5) is 0 Å². The van der Waals surface area contributed by atoms with E-state index in [1.165, 1.54) is 36.1 Å². The molecule has 3 rings (SSSR count). The second-order valence-electron chi connectivity index (χ2n) is 8.37. The van der Waals surface area contributed by atoms with Gasteiger partial charge >= 0.3 is 0 Å². The Kier molecular flexibility index (Phi) is 6.86.